The number of nitrogens with zero attached hydrogens (tertiary/aromatic N) is 2. The largest absolute Gasteiger partial charge is 0.489 e. The molecular formula is C21H24N4O. The standard InChI is InChI=1S/C21H24N4O/c1-16(2)14-23-20-12-13-22-21(25-20)24-18-8-10-19(11-9-18)26-15-17-6-4-3-5-7-17/h3-13,16H,14-15H2,1-2H3,(H2,22,23,24,25). The second-order valence-corrected chi connectivity index (χ2v) is 6.46. The van der Waals surface area contributed by atoms with Crippen LogP contribution in [0.25, 0.3) is 0 Å². The lowest BCUT2D eigenvalue weighted by atomic mass is 10.2. The molecule has 26 heavy (non-hydrogen) atoms. The van der Waals surface area contributed by atoms with Crippen molar-refractivity contribution < 1.29 is 4.74 Å². The van der Waals surface area contributed by atoms with Gasteiger partial charge in [0.1, 0.15) is 18.2 Å². The lowest BCUT2D eigenvalue weighted by molar-refractivity contribution is 0.306. The average Bonchev–Trinajstić information content (AvgIpc) is 2.67. The van der Waals surface area contributed by atoms with Crippen LogP contribution in [0.1, 0.15) is 19.4 Å². The van der Waals surface area contributed by atoms with Crippen molar-refractivity contribution >= 4 is 17.5 Å². The smallest absolute Gasteiger partial charge is 0.229 e. The first kappa shape index (κ1) is 17.7. The molecular weight excluding hydrogens is 324 g/mol. The topological polar surface area (TPSA) is 59.1 Å². The Labute approximate surface area is 154 Å². The SMILES string of the molecule is CC(C)CNc1ccnc(Nc2ccc(OCc3ccccc3)cc2)n1. The number of hydrogen-bond donors (Lipinski definition) is 2. The van der Waals surface area contributed by atoms with Crippen LogP contribution in [0, 0.1) is 5.92 Å². The van der Waals surface area contributed by atoms with Crippen molar-refractivity contribution in [2.75, 3.05) is 17.2 Å². The zero-order valence-corrected chi connectivity index (χ0v) is 15.1. The molecule has 0 radical (unpaired) electrons. The molecule has 134 valence electrons. The van der Waals surface area contributed by atoms with E-state index in [0.29, 0.717) is 18.5 Å². The summed E-state index contributed by atoms with van der Waals surface area (Å²) in [6, 6.07) is 19.8. The van der Waals surface area contributed by atoms with E-state index in [1.807, 2.05) is 60.7 Å². The molecule has 2 N–H and O–H groups in total. The maximum Gasteiger partial charge on any atom is 0.229 e. The Kier molecular flexibility index (Phi) is 6.04. The quantitative estimate of drug-likeness (QED) is 0.608. The van der Waals surface area contributed by atoms with Gasteiger partial charge in [0, 0.05) is 18.4 Å². The first-order valence-electron chi connectivity index (χ1n) is 8.80. The average molecular weight is 348 g/mol. The fourth-order valence-electron chi connectivity index (χ4n) is 2.33. The predicted molar refractivity (Wildman–Crippen MR) is 106 cm³/mol. The molecule has 0 amide bonds. The van der Waals surface area contributed by atoms with Gasteiger partial charge in [-0.25, -0.2) is 4.98 Å². The minimum absolute atomic E-state index is 0.556. The number of nitrogens with one attached hydrogen (secondary N) is 2. The molecule has 0 bridgehead atoms. The van der Waals surface area contributed by atoms with E-state index in [4.69, 9.17) is 4.74 Å². The number of aromatic nitrogens is 2. The van der Waals surface area contributed by atoms with Crippen LogP contribution in [-0.2, 0) is 6.61 Å². The van der Waals surface area contributed by atoms with Crippen molar-refractivity contribution in [1.82, 2.24) is 9.97 Å². The van der Waals surface area contributed by atoms with Crippen LogP contribution in [0.2, 0.25) is 0 Å². The van der Waals surface area contributed by atoms with Gasteiger partial charge >= 0.3 is 0 Å². The van der Waals surface area contributed by atoms with Crippen LogP contribution in [0.3, 0.4) is 0 Å². The van der Waals surface area contributed by atoms with Gasteiger partial charge in [-0.15, -0.1) is 0 Å². The normalized spacial score (nSPS) is 10.6. The third-order valence-corrected chi connectivity index (χ3v) is 3.71. The zero-order chi connectivity index (χ0) is 18.2. The third kappa shape index (κ3) is 5.48. The minimum Gasteiger partial charge on any atom is -0.489 e. The summed E-state index contributed by atoms with van der Waals surface area (Å²) < 4.78 is 5.80. The van der Waals surface area contributed by atoms with E-state index >= 15 is 0 Å². The summed E-state index contributed by atoms with van der Waals surface area (Å²) in [5, 5.41) is 6.52. The van der Waals surface area contributed by atoms with Gasteiger partial charge < -0.3 is 15.4 Å². The van der Waals surface area contributed by atoms with Crippen LogP contribution in [0.15, 0.2) is 66.9 Å². The molecule has 0 saturated heterocycles. The molecule has 0 atom stereocenters. The van der Waals surface area contributed by atoms with E-state index in [1.165, 1.54) is 0 Å². The summed E-state index contributed by atoms with van der Waals surface area (Å²) in [4.78, 5) is 8.74. The van der Waals surface area contributed by atoms with Crippen molar-refractivity contribution in [3.63, 3.8) is 0 Å². The van der Waals surface area contributed by atoms with E-state index < -0.39 is 0 Å². The molecule has 3 rings (SSSR count). The van der Waals surface area contributed by atoms with Gasteiger partial charge in [-0.1, -0.05) is 44.2 Å². The van der Waals surface area contributed by atoms with Crippen molar-refractivity contribution in [1.29, 1.82) is 0 Å². The number of ether oxygens (including phenoxy) is 1. The maximum absolute atomic E-state index is 5.80. The van der Waals surface area contributed by atoms with Gasteiger partial charge in [0.2, 0.25) is 5.95 Å². The van der Waals surface area contributed by atoms with Crippen LogP contribution in [0.4, 0.5) is 17.5 Å². The zero-order valence-electron chi connectivity index (χ0n) is 15.1. The Morgan fingerprint density at radius 1 is 0.962 bits per heavy atom. The molecule has 0 aliphatic heterocycles. The summed E-state index contributed by atoms with van der Waals surface area (Å²) in [7, 11) is 0. The van der Waals surface area contributed by atoms with Crippen LogP contribution < -0.4 is 15.4 Å². The lowest BCUT2D eigenvalue weighted by Crippen LogP contribution is -2.10. The van der Waals surface area contributed by atoms with Gasteiger partial charge in [-0.3, -0.25) is 0 Å². The Bertz CT molecular complexity index is 804. The molecule has 0 aliphatic rings. The Morgan fingerprint density at radius 3 is 2.46 bits per heavy atom. The van der Waals surface area contributed by atoms with Gasteiger partial charge in [0.05, 0.1) is 0 Å². The predicted octanol–water partition coefficient (Wildman–Crippen LogP) is 4.87. The fourth-order valence-corrected chi connectivity index (χ4v) is 2.33. The molecule has 1 aromatic heterocycles. The minimum atomic E-state index is 0.556. The highest BCUT2D eigenvalue weighted by Gasteiger charge is 2.02. The van der Waals surface area contributed by atoms with Crippen molar-refractivity contribution in [2.45, 2.75) is 20.5 Å². The first-order valence-corrected chi connectivity index (χ1v) is 8.80. The highest BCUT2D eigenvalue weighted by molar-refractivity contribution is 5.55. The summed E-state index contributed by atoms with van der Waals surface area (Å²) in [6.45, 7) is 5.76. The van der Waals surface area contributed by atoms with Crippen LogP contribution >= 0.6 is 0 Å². The van der Waals surface area contributed by atoms with Gasteiger partial charge in [0.25, 0.3) is 0 Å². The van der Waals surface area contributed by atoms with Gasteiger partial charge in [0.15, 0.2) is 0 Å². The molecule has 3 aromatic rings. The van der Waals surface area contributed by atoms with E-state index in [0.717, 1.165) is 29.4 Å². The molecule has 5 nitrogen and oxygen atoms in total. The molecule has 0 spiro atoms. The van der Waals surface area contributed by atoms with Crippen molar-refractivity contribution in [3.05, 3.63) is 72.4 Å². The van der Waals surface area contributed by atoms with Crippen molar-refractivity contribution in [3.8, 4) is 5.75 Å². The Hall–Kier alpha value is -3.08. The highest BCUT2D eigenvalue weighted by Crippen LogP contribution is 2.19. The number of hydrogen-bond acceptors (Lipinski definition) is 5. The summed E-state index contributed by atoms with van der Waals surface area (Å²) >= 11 is 0. The van der Waals surface area contributed by atoms with Crippen molar-refractivity contribution in [2.24, 2.45) is 5.92 Å². The Morgan fingerprint density at radius 2 is 1.73 bits per heavy atom. The molecule has 0 aliphatic carbocycles. The van der Waals surface area contributed by atoms with Crippen LogP contribution in [-0.4, -0.2) is 16.5 Å². The summed E-state index contributed by atoms with van der Waals surface area (Å²) in [6.07, 6.45) is 1.75. The second kappa shape index (κ2) is 8.85. The van der Waals surface area contributed by atoms with E-state index in [9.17, 15) is 0 Å². The monoisotopic (exact) mass is 348 g/mol. The molecule has 0 saturated carbocycles. The molecule has 0 unspecified atom stereocenters. The van der Waals surface area contributed by atoms with Gasteiger partial charge in [-0.2, -0.15) is 4.98 Å². The van der Waals surface area contributed by atoms with E-state index in [1.54, 1.807) is 6.20 Å². The number of benzene rings is 2. The highest BCUT2D eigenvalue weighted by atomic mass is 16.5. The number of anilines is 3. The van der Waals surface area contributed by atoms with Gasteiger partial charge in [-0.05, 0) is 41.8 Å². The molecule has 1 heterocycles. The Balaban J connectivity index is 1.56. The van der Waals surface area contributed by atoms with E-state index in [-0.39, 0.29) is 0 Å². The second-order valence-electron chi connectivity index (χ2n) is 6.46. The third-order valence-electron chi connectivity index (χ3n) is 3.71. The lowest BCUT2D eigenvalue weighted by Gasteiger charge is -2.10. The summed E-state index contributed by atoms with van der Waals surface area (Å²) in [5.74, 6) is 2.77. The summed E-state index contributed by atoms with van der Waals surface area (Å²) in [5.41, 5.74) is 2.06. The van der Waals surface area contributed by atoms with E-state index in [2.05, 4.69) is 34.4 Å². The number of rotatable bonds is 8. The molecule has 5 heteroatoms. The maximum atomic E-state index is 5.80. The van der Waals surface area contributed by atoms with Crippen LogP contribution in [0.5, 0.6) is 5.75 Å². The molecule has 0 fully saturated rings. The fraction of sp³-hybridized carbons (Fsp3) is 0.238. The molecule has 2 aromatic carbocycles. The first-order chi connectivity index (χ1) is 12.7.